The van der Waals surface area contributed by atoms with Crippen molar-refractivity contribution in [3.8, 4) is 0 Å². The zero-order chi connectivity index (χ0) is 17.7. The summed E-state index contributed by atoms with van der Waals surface area (Å²) in [6.45, 7) is 6.42. The molecule has 6 nitrogen and oxygen atoms in total. The van der Waals surface area contributed by atoms with Gasteiger partial charge in [-0.1, -0.05) is 25.3 Å². The first-order valence-electron chi connectivity index (χ1n) is 6.75. The van der Waals surface area contributed by atoms with Crippen molar-refractivity contribution < 1.29 is 28.7 Å². The molecule has 0 atom stereocenters. The quantitative estimate of drug-likeness (QED) is 0.488. The van der Waals surface area contributed by atoms with Gasteiger partial charge in [-0.05, 0) is 35.0 Å². The molecule has 24 heavy (non-hydrogen) atoms. The molecule has 0 aliphatic heterocycles. The molecule has 6 heteroatoms. The van der Waals surface area contributed by atoms with Gasteiger partial charge in [0, 0.05) is 12.2 Å². The molecule has 0 N–H and O–H groups in total. The maximum Gasteiger partial charge on any atom is 0.346 e. The standard InChI is InChI=1S/C18H12O6/c1-3-15(19)23-17(21)13-7-5-12-10-14(8-6-11(12)9-13)18(22)24-16(20)4-2/h3-10H,1-2H2. The summed E-state index contributed by atoms with van der Waals surface area (Å²) >= 11 is 0. The average molecular weight is 324 g/mol. The Morgan fingerprint density at radius 2 is 1.08 bits per heavy atom. The van der Waals surface area contributed by atoms with E-state index in [1.807, 2.05) is 0 Å². The molecule has 0 amide bonds. The monoisotopic (exact) mass is 324 g/mol. The first-order chi connectivity index (χ1) is 11.4. The minimum absolute atomic E-state index is 0.176. The predicted octanol–water partition coefficient (Wildman–Crippen LogP) is 2.58. The van der Waals surface area contributed by atoms with Gasteiger partial charge in [-0.25, -0.2) is 19.2 Å². The van der Waals surface area contributed by atoms with Gasteiger partial charge in [-0.2, -0.15) is 0 Å². The fourth-order valence-corrected chi connectivity index (χ4v) is 1.88. The summed E-state index contributed by atoms with van der Waals surface area (Å²) in [4.78, 5) is 45.6. The van der Waals surface area contributed by atoms with E-state index >= 15 is 0 Å². The Bertz CT molecular complexity index is 805. The Hall–Kier alpha value is -3.54. The average Bonchev–Trinajstić information content (AvgIpc) is 2.60. The van der Waals surface area contributed by atoms with Crippen LogP contribution in [0.2, 0.25) is 0 Å². The normalized spacial score (nSPS) is 9.83. The van der Waals surface area contributed by atoms with Gasteiger partial charge >= 0.3 is 23.9 Å². The van der Waals surface area contributed by atoms with Gasteiger partial charge in [0.2, 0.25) is 0 Å². The van der Waals surface area contributed by atoms with Gasteiger partial charge in [0.1, 0.15) is 0 Å². The van der Waals surface area contributed by atoms with Crippen molar-refractivity contribution in [1.82, 2.24) is 0 Å². The van der Waals surface area contributed by atoms with E-state index in [-0.39, 0.29) is 11.1 Å². The van der Waals surface area contributed by atoms with Crippen LogP contribution >= 0.6 is 0 Å². The second kappa shape index (κ2) is 7.15. The lowest BCUT2D eigenvalue weighted by atomic mass is 10.0. The molecule has 2 rings (SSSR count). The summed E-state index contributed by atoms with van der Waals surface area (Å²) in [6, 6.07) is 9.08. The van der Waals surface area contributed by atoms with Crippen molar-refractivity contribution in [3.05, 3.63) is 72.8 Å². The molecule has 0 aliphatic rings. The second-order valence-corrected chi connectivity index (χ2v) is 4.60. The Balaban J connectivity index is 2.28. The molecule has 0 fully saturated rings. The van der Waals surface area contributed by atoms with Crippen LogP contribution in [0.25, 0.3) is 10.8 Å². The van der Waals surface area contributed by atoms with Crippen molar-refractivity contribution in [3.63, 3.8) is 0 Å². The van der Waals surface area contributed by atoms with Gasteiger partial charge in [-0.15, -0.1) is 0 Å². The van der Waals surface area contributed by atoms with Crippen molar-refractivity contribution >= 4 is 34.6 Å². The fourth-order valence-electron chi connectivity index (χ4n) is 1.88. The third-order valence-corrected chi connectivity index (χ3v) is 3.03. The zero-order valence-electron chi connectivity index (χ0n) is 12.5. The van der Waals surface area contributed by atoms with Crippen LogP contribution in [0.1, 0.15) is 20.7 Å². The van der Waals surface area contributed by atoms with E-state index in [4.69, 9.17) is 0 Å². The van der Waals surface area contributed by atoms with Gasteiger partial charge in [0.25, 0.3) is 0 Å². The largest absolute Gasteiger partial charge is 0.386 e. The number of fused-ring (bicyclic) bond motifs is 1. The predicted molar refractivity (Wildman–Crippen MR) is 85.2 cm³/mol. The van der Waals surface area contributed by atoms with Gasteiger partial charge in [0.05, 0.1) is 11.1 Å². The van der Waals surface area contributed by atoms with Crippen LogP contribution in [-0.2, 0) is 19.1 Å². The molecular weight excluding hydrogens is 312 g/mol. The number of ether oxygens (including phenoxy) is 2. The molecule has 0 saturated heterocycles. The number of carbonyl (C=O) groups is 4. The van der Waals surface area contributed by atoms with E-state index < -0.39 is 23.9 Å². The van der Waals surface area contributed by atoms with E-state index in [2.05, 4.69) is 22.6 Å². The molecule has 2 aromatic rings. The molecule has 0 spiro atoms. The number of hydrogen-bond acceptors (Lipinski definition) is 6. The van der Waals surface area contributed by atoms with E-state index in [0.29, 0.717) is 10.8 Å². The number of benzene rings is 2. The maximum absolute atomic E-state index is 11.8. The molecule has 120 valence electrons. The summed E-state index contributed by atoms with van der Waals surface area (Å²) in [7, 11) is 0. The van der Waals surface area contributed by atoms with Gasteiger partial charge in [-0.3, -0.25) is 0 Å². The first kappa shape index (κ1) is 16.8. The topological polar surface area (TPSA) is 86.7 Å². The van der Waals surface area contributed by atoms with Crippen LogP contribution in [0.3, 0.4) is 0 Å². The summed E-state index contributed by atoms with van der Waals surface area (Å²) < 4.78 is 9.07. The Labute approximate surface area is 137 Å². The summed E-state index contributed by atoms with van der Waals surface area (Å²) in [5.41, 5.74) is 0.352. The fraction of sp³-hybridized carbons (Fsp3) is 0. The highest BCUT2D eigenvalue weighted by molar-refractivity contribution is 6.04. The highest BCUT2D eigenvalue weighted by Crippen LogP contribution is 2.19. The minimum Gasteiger partial charge on any atom is -0.386 e. The summed E-state index contributed by atoms with van der Waals surface area (Å²) in [6.07, 6.45) is 1.78. The zero-order valence-corrected chi connectivity index (χ0v) is 12.5. The van der Waals surface area contributed by atoms with Gasteiger partial charge in [0.15, 0.2) is 0 Å². The lowest BCUT2D eigenvalue weighted by Crippen LogP contribution is -2.10. The molecular formula is C18H12O6. The molecule has 0 aliphatic carbocycles. The molecule has 0 saturated carbocycles. The van der Waals surface area contributed by atoms with Crippen molar-refractivity contribution in [2.24, 2.45) is 0 Å². The molecule has 0 heterocycles. The van der Waals surface area contributed by atoms with Crippen LogP contribution < -0.4 is 0 Å². The molecule has 0 aromatic heterocycles. The summed E-state index contributed by atoms with van der Waals surface area (Å²) in [5, 5.41) is 1.28. The first-order valence-corrected chi connectivity index (χ1v) is 6.75. The Kier molecular flexibility index (Phi) is 5.01. The Morgan fingerprint density at radius 3 is 1.42 bits per heavy atom. The van der Waals surface area contributed by atoms with Crippen LogP contribution in [0.5, 0.6) is 0 Å². The Morgan fingerprint density at radius 1 is 0.708 bits per heavy atom. The molecule has 0 radical (unpaired) electrons. The lowest BCUT2D eigenvalue weighted by molar-refractivity contribution is -0.133. The number of esters is 4. The maximum atomic E-state index is 11.8. The van der Waals surface area contributed by atoms with Crippen molar-refractivity contribution in [1.29, 1.82) is 0 Å². The van der Waals surface area contributed by atoms with E-state index in [9.17, 15) is 19.2 Å². The van der Waals surface area contributed by atoms with Crippen LogP contribution in [0, 0.1) is 0 Å². The number of carbonyl (C=O) groups excluding carboxylic acids is 4. The molecule has 2 aromatic carbocycles. The minimum atomic E-state index is -0.843. The number of hydrogen-bond donors (Lipinski definition) is 0. The van der Waals surface area contributed by atoms with E-state index in [1.165, 1.54) is 24.3 Å². The number of rotatable bonds is 4. The highest BCUT2D eigenvalue weighted by Gasteiger charge is 2.14. The molecule has 0 unspecified atom stereocenters. The van der Waals surface area contributed by atoms with Crippen molar-refractivity contribution in [2.75, 3.05) is 0 Å². The lowest BCUT2D eigenvalue weighted by Gasteiger charge is -2.05. The van der Waals surface area contributed by atoms with E-state index in [1.54, 1.807) is 12.1 Å². The second-order valence-electron chi connectivity index (χ2n) is 4.60. The summed E-state index contributed by atoms with van der Waals surface area (Å²) in [5.74, 6) is -3.29. The third kappa shape index (κ3) is 3.80. The van der Waals surface area contributed by atoms with Crippen LogP contribution in [0.4, 0.5) is 0 Å². The van der Waals surface area contributed by atoms with Gasteiger partial charge < -0.3 is 9.47 Å². The SMILES string of the molecule is C=CC(=O)OC(=O)c1ccc2cc(C(=O)OC(=O)C=C)ccc2c1. The van der Waals surface area contributed by atoms with Crippen LogP contribution in [-0.4, -0.2) is 23.9 Å². The van der Waals surface area contributed by atoms with Crippen molar-refractivity contribution in [2.45, 2.75) is 0 Å². The van der Waals surface area contributed by atoms with Crippen LogP contribution in [0.15, 0.2) is 61.7 Å². The third-order valence-electron chi connectivity index (χ3n) is 3.03. The smallest absolute Gasteiger partial charge is 0.346 e. The highest BCUT2D eigenvalue weighted by atomic mass is 16.6. The molecule has 0 bridgehead atoms. The van der Waals surface area contributed by atoms with E-state index in [0.717, 1.165) is 12.2 Å².